The van der Waals surface area contributed by atoms with E-state index < -0.39 is 59.1 Å². The van der Waals surface area contributed by atoms with Crippen molar-refractivity contribution >= 4 is 23.8 Å². The molecule has 0 aromatic heterocycles. The molecule has 0 spiro atoms. The number of nitro benzene ring substituents is 1. The van der Waals surface area contributed by atoms with Crippen molar-refractivity contribution < 1.29 is 52.5 Å². The number of carbonyl (C=O) groups is 3. The molecule has 3 amide bonds. The highest BCUT2D eigenvalue weighted by molar-refractivity contribution is 5.81. The first-order chi connectivity index (χ1) is 32.7. The van der Waals surface area contributed by atoms with Crippen molar-refractivity contribution in [3.8, 4) is 17.2 Å². The number of nitro groups is 1. The molecule has 16 nitrogen and oxygen atoms in total. The molecule has 356 valence electrons. The monoisotopic (exact) mass is 928 g/mol. The van der Waals surface area contributed by atoms with Crippen LogP contribution in [0.25, 0.3) is 0 Å². The van der Waals surface area contributed by atoms with Gasteiger partial charge < -0.3 is 43.8 Å². The van der Waals surface area contributed by atoms with Crippen molar-refractivity contribution in [1.82, 2.24) is 15.5 Å². The summed E-state index contributed by atoms with van der Waals surface area (Å²) < 4.78 is 41.9. The normalized spacial score (nSPS) is 18.5. The first kappa shape index (κ1) is 48.5. The summed E-state index contributed by atoms with van der Waals surface area (Å²) in [5, 5.41) is 17.2. The summed E-state index contributed by atoms with van der Waals surface area (Å²) in [4.78, 5) is 52.7. The molecular formula is C52H56N4O12. The van der Waals surface area contributed by atoms with E-state index in [1.807, 2.05) is 103 Å². The molecule has 16 heteroatoms. The summed E-state index contributed by atoms with van der Waals surface area (Å²) >= 11 is 0. The van der Waals surface area contributed by atoms with Crippen molar-refractivity contribution in [2.75, 3.05) is 34.0 Å². The highest BCUT2D eigenvalue weighted by Gasteiger charge is 2.46. The molecule has 5 aromatic rings. The molecule has 1 saturated heterocycles. The average molecular weight is 929 g/mol. The van der Waals surface area contributed by atoms with E-state index in [-0.39, 0.29) is 37.3 Å². The summed E-state index contributed by atoms with van der Waals surface area (Å²) in [6.07, 6.45) is -1.75. The van der Waals surface area contributed by atoms with E-state index in [0.717, 1.165) is 22.3 Å². The maximum atomic E-state index is 13.7. The number of rotatable bonds is 18. The van der Waals surface area contributed by atoms with E-state index in [1.165, 1.54) is 17.2 Å². The number of ether oxygens (including phenoxy) is 7. The van der Waals surface area contributed by atoms with Gasteiger partial charge in [-0.1, -0.05) is 113 Å². The van der Waals surface area contributed by atoms with Crippen molar-refractivity contribution in [2.24, 2.45) is 0 Å². The smallest absolute Gasteiger partial charge is 0.497 e. The van der Waals surface area contributed by atoms with Crippen LogP contribution in [-0.2, 0) is 34.8 Å². The zero-order chi connectivity index (χ0) is 48.4. The maximum Gasteiger partial charge on any atom is 0.508 e. The first-order valence-electron chi connectivity index (χ1n) is 22.2. The summed E-state index contributed by atoms with van der Waals surface area (Å²) in [5.74, 6) is 0.810. The van der Waals surface area contributed by atoms with E-state index in [2.05, 4.69) is 31.4 Å². The molecule has 1 fully saturated rings. The molecule has 2 aliphatic rings. The molecule has 2 aliphatic heterocycles. The second kappa shape index (κ2) is 21.5. The molecule has 7 rings (SSSR count). The van der Waals surface area contributed by atoms with Crippen LogP contribution in [0.4, 0.5) is 15.3 Å². The molecule has 2 heterocycles. The molecular weight excluding hydrogens is 873 g/mol. The minimum absolute atomic E-state index is 0.00285. The fourth-order valence-electron chi connectivity index (χ4n) is 8.17. The molecule has 5 atom stereocenters. The Morgan fingerprint density at radius 3 is 1.99 bits per heavy atom. The van der Waals surface area contributed by atoms with E-state index in [0.29, 0.717) is 22.8 Å². The van der Waals surface area contributed by atoms with Gasteiger partial charge in [-0.2, -0.15) is 0 Å². The van der Waals surface area contributed by atoms with Crippen molar-refractivity contribution in [1.29, 1.82) is 0 Å². The second-order valence-corrected chi connectivity index (χ2v) is 17.4. The van der Waals surface area contributed by atoms with Crippen LogP contribution in [0.2, 0.25) is 0 Å². The molecule has 0 radical (unpaired) electrons. The van der Waals surface area contributed by atoms with Crippen LogP contribution in [-0.4, -0.2) is 86.6 Å². The lowest BCUT2D eigenvalue weighted by molar-refractivity contribution is -0.385. The van der Waals surface area contributed by atoms with Gasteiger partial charge in [-0.3, -0.25) is 19.8 Å². The number of carbonyl (C=O) groups excluding carboxylic acids is 3. The predicted molar refractivity (Wildman–Crippen MR) is 251 cm³/mol. The highest BCUT2D eigenvalue weighted by Crippen LogP contribution is 2.43. The van der Waals surface area contributed by atoms with Crippen molar-refractivity contribution in [3.05, 3.63) is 178 Å². The van der Waals surface area contributed by atoms with Crippen LogP contribution in [0, 0.1) is 10.1 Å². The van der Waals surface area contributed by atoms with Crippen LogP contribution >= 0.6 is 0 Å². The van der Waals surface area contributed by atoms with Crippen LogP contribution in [0.3, 0.4) is 0 Å². The lowest BCUT2D eigenvalue weighted by Gasteiger charge is -2.37. The summed E-state index contributed by atoms with van der Waals surface area (Å²) in [7, 11) is 3.17. The number of hydrogen-bond donors (Lipinski definition) is 2. The molecule has 68 heavy (non-hydrogen) atoms. The van der Waals surface area contributed by atoms with Gasteiger partial charge in [0.05, 0.1) is 25.7 Å². The standard InChI is InChI=1S/C52H56N4O12/c1-34(42-14-10-11-15-43(42)56(60)61)31-65-50(59)68-44-30-48(55-29-28-46(54-49(55)58)53-47(57)33-64-41-26-16-35(17-27-41)51(2,3)4)67-45(44)32-66-52(36-12-8-7-9-13-36,37-18-22-39(62-5)23-19-37)38-20-24-40(63-6)25-21-38/h7-29,34,44-46,48H,30-33H2,1-6H3,(H,53,57)(H,54,58). The van der Waals surface area contributed by atoms with Gasteiger partial charge in [-0.15, -0.1) is 0 Å². The zero-order valence-electron chi connectivity index (χ0n) is 38.8. The molecule has 0 aliphatic carbocycles. The van der Waals surface area contributed by atoms with Crippen molar-refractivity contribution in [2.45, 2.75) is 75.7 Å². The van der Waals surface area contributed by atoms with Gasteiger partial charge in [-0.25, -0.2) is 9.59 Å². The van der Waals surface area contributed by atoms with Crippen LogP contribution in [0.15, 0.2) is 140 Å². The number of urea groups is 1. The van der Waals surface area contributed by atoms with Crippen LogP contribution in [0.1, 0.15) is 67.9 Å². The number of nitrogens with one attached hydrogen (secondary N) is 2. The van der Waals surface area contributed by atoms with E-state index in [4.69, 9.17) is 33.2 Å². The summed E-state index contributed by atoms with van der Waals surface area (Å²) in [6, 6.07) is 37.8. The van der Waals surface area contributed by atoms with E-state index in [1.54, 1.807) is 45.4 Å². The SMILES string of the molecule is COc1ccc(C(OCC2OC(N3C=CC(NC(=O)COc4ccc(C(C)(C)C)cc4)NC3=O)CC2OC(=O)OCC(C)c2ccccc2[N+](=O)[O-])(c2ccccc2)c2ccc(OC)cc2)cc1. The van der Waals surface area contributed by atoms with Crippen LogP contribution in [0.5, 0.6) is 17.2 Å². The predicted octanol–water partition coefficient (Wildman–Crippen LogP) is 8.72. The van der Waals surface area contributed by atoms with E-state index >= 15 is 0 Å². The third kappa shape index (κ3) is 11.4. The van der Waals surface area contributed by atoms with Gasteiger partial charge >= 0.3 is 12.2 Å². The van der Waals surface area contributed by atoms with Crippen molar-refractivity contribution in [3.63, 3.8) is 0 Å². The quantitative estimate of drug-likeness (QED) is 0.0369. The first-order valence-corrected chi connectivity index (χ1v) is 22.2. The fourth-order valence-corrected chi connectivity index (χ4v) is 8.17. The molecule has 2 N–H and O–H groups in total. The summed E-state index contributed by atoms with van der Waals surface area (Å²) in [5.41, 5.74) is 2.41. The Labute approximate surface area is 395 Å². The third-order valence-corrected chi connectivity index (χ3v) is 11.9. The number of amides is 3. The molecule has 0 saturated carbocycles. The zero-order valence-corrected chi connectivity index (χ0v) is 38.8. The lowest BCUT2D eigenvalue weighted by atomic mass is 9.80. The molecule has 0 bridgehead atoms. The molecule has 5 aromatic carbocycles. The Bertz CT molecular complexity index is 2500. The van der Waals surface area contributed by atoms with Crippen LogP contribution < -0.4 is 24.8 Å². The van der Waals surface area contributed by atoms with Gasteiger partial charge in [-0.05, 0) is 70.1 Å². The Hall–Kier alpha value is -7.43. The third-order valence-electron chi connectivity index (χ3n) is 11.9. The minimum Gasteiger partial charge on any atom is -0.497 e. The van der Waals surface area contributed by atoms with E-state index in [9.17, 15) is 24.5 Å². The van der Waals surface area contributed by atoms with Gasteiger partial charge in [0.1, 0.15) is 54.1 Å². The Morgan fingerprint density at radius 2 is 1.40 bits per heavy atom. The number of para-hydroxylation sites is 1. The van der Waals surface area contributed by atoms with Gasteiger partial charge in [0, 0.05) is 30.2 Å². The topological polar surface area (TPSA) is 186 Å². The van der Waals surface area contributed by atoms with Gasteiger partial charge in [0.25, 0.3) is 11.6 Å². The lowest BCUT2D eigenvalue weighted by Crippen LogP contribution is -2.56. The minimum atomic E-state index is -1.26. The number of methoxy groups -OCH3 is 2. The second-order valence-electron chi connectivity index (χ2n) is 17.4. The number of hydrogen-bond acceptors (Lipinski definition) is 12. The molecule has 5 unspecified atom stereocenters. The summed E-state index contributed by atoms with van der Waals surface area (Å²) in [6.45, 7) is 7.38. The number of benzene rings is 5. The van der Waals surface area contributed by atoms with Gasteiger partial charge in [0.15, 0.2) is 6.61 Å². The average Bonchev–Trinajstić information content (AvgIpc) is 3.74. The largest absolute Gasteiger partial charge is 0.508 e. The Morgan fingerprint density at radius 1 is 0.824 bits per heavy atom. The maximum absolute atomic E-state index is 13.7. The number of nitrogens with zero attached hydrogens (tertiary/aromatic N) is 2. The van der Waals surface area contributed by atoms with Gasteiger partial charge in [0.2, 0.25) is 0 Å². The Balaban J connectivity index is 1.11. The Kier molecular flexibility index (Phi) is 15.3. The fraction of sp³-hybridized carbons (Fsp3) is 0.327. The highest BCUT2D eigenvalue weighted by atomic mass is 16.7.